The lowest BCUT2D eigenvalue weighted by molar-refractivity contribution is -0.135. The molecule has 1 atom stereocenters. The highest BCUT2D eigenvalue weighted by Gasteiger charge is 2.29. The zero-order chi connectivity index (χ0) is 15.1. The van der Waals surface area contributed by atoms with Gasteiger partial charge in [0.25, 0.3) is 0 Å². The first kappa shape index (κ1) is 16.2. The van der Waals surface area contributed by atoms with Crippen molar-refractivity contribution < 1.29 is 14.3 Å². The smallest absolute Gasteiger partial charge is 0.239 e. The van der Waals surface area contributed by atoms with Gasteiger partial charge in [-0.3, -0.25) is 14.5 Å². The summed E-state index contributed by atoms with van der Waals surface area (Å²) in [4.78, 5) is 28.0. The van der Waals surface area contributed by atoms with E-state index in [4.69, 9.17) is 4.74 Å². The molecule has 21 heavy (non-hydrogen) atoms. The van der Waals surface area contributed by atoms with Gasteiger partial charge in [0.2, 0.25) is 11.8 Å². The summed E-state index contributed by atoms with van der Waals surface area (Å²) in [6, 6.07) is 0.00823. The van der Waals surface area contributed by atoms with E-state index >= 15 is 0 Å². The predicted molar refractivity (Wildman–Crippen MR) is 78.9 cm³/mol. The number of methoxy groups -OCH3 is 1. The molecule has 0 aromatic heterocycles. The molecule has 2 heterocycles. The first-order chi connectivity index (χ1) is 10.2. The second-order valence-electron chi connectivity index (χ2n) is 5.59. The molecule has 2 N–H and O–H groups in total. The van der Waals surface area contributed by atoms with Crippen LogP contribution in [0.2, 0.25) is 0 Å². The van der Waals surface area contributed by atoms with Crippen molar-refractivity contribution in [2.24, 2.45) is 0 Å². The molecular formula is C14H26N4O3. The molecule has 0 spiro atoms. The van der Waals surface area contributed by atoms with E-state index in [9.17, 15) is 9.59 Å². The van der Waals surface area contributed by atoms with Crippen LogP contribution in [0.5, 0.6) is 0 Å². The van der Waals surface area contributed by atoms with Crippen LogP contribution in [0.3, 0.4) is 0 Å². The molecule has 7 heteroatoms. The van der Waals surface area contributed by atoms with Crippen molar-refractivity contribution in [3.8, 4) is 0 Å². The molecule has 2 rings (SSSR count). The standard InChI is InChI=1S/C14H26N4O3/c1-21-10-5-16-13(19)11-17-6-8-18(9-7-17)14(20)12-3-2-4-15-12/h12,15H,2-11H2,1H3,(H,16,19). The molecule has 2 saturated heterocycles. The summed E-state index contributed by atoms with van der Waals surface area (Å²) < 4.78 is 4.89. The van der Waals surface area contributed by atoms with Crippen molar-refractivity contribution in [1.82, 2.24) is 20.4 Å². The van der Waals surface area contributed by atoms with E-state index in [-0.39, 0.29) is 17.9 Å². The van der Waals surface area contributed by atoms with Gasteiger partial charge in [-0.2, -0.15) is 0 Å². The molecule has 1 unspecified atom stereocenters. The Labute approximate surface area is 126 Å². The molecule has 2 fully saturated rings. The van der Waals surface area contributed by atoms with E-state index in [0.29, 0.717) is 32.8 Å². The number of carbonyl (C=O) groups excluding carboxylic acids is 2. The molecular weight excluding hydrogens is 272 g/mol. The number of nitrogens with zero attached hydrogens (tertiary/aromatic N) is 2. The largest absolute Gasteiger partial charge is 0.383 e. The summed E-state index contributed by atoms with van der Waals surface area (Å²) in [6.07, 6.45) is 2.03. The first-order valence-electron chi connectivity index (χ1n) is 7.71. The van der Waals surface area contributed by atoms with Crippen molar-refractivity contribution >= 4 is 11.8 Å². The molecule has 2 amide bonds. The lowest BCUT2D eigenvalue weighted by Gasteiger charge is -2.35. The average Bonchev–Trinajstić information content (AvgIpc) is 3.02. The molecule has 2 aliphatic rings. The molecule has 0 bridgehead atoms. The SMILES string of the molecule is COCCNC(=O)CN1CCN(C(=O)C2CCCN2)CC1. The summed E-state index contributed by atoms with van der Waals surface area (Å²) in [7, 11) is 1.61. The van der Waals surface area contributed by atoms with Crippen LogP contribution in [-0.2, 0) is 14.3 Å². The van der Waals surface area contributed by atoms with E-state index in [0.717, 1.165) is 32.5 Å². The molecule has 0 aromatic carbocycles. The fraction of sp³-hybridized carbons (Fsp3) is 0.857. The van der Waals surface area contributed by atoms with Crippen molar-refractivity contribution in [2.75, 3.05) is 59.5 Å². The van der Waals surface area contributed by atoms with Gasteiger partial charge in [0.15, 0.2) is 0 Å². The van der Waals surface area contributed by atoms with Crippen molar-refractivity contribution in [3.05, 3.63) is 0 Å². The summed E-state index contributed by atoms with van der Waals surface area (Å²) in [5, 5.41) is 6.06. The highest BCUT2D eigenvalue weighted by atomic mass is 16.5. The quantitative estimate of drug-likeness (QED) is 0.593. The van der Waals surface area contributed by atoms with Crippen molar-refractivity contribution in [1.29, 1.82) is 0 Å². The van der Waals surface area contributed by atoms with Gasteiger partial charge in [-0.15, -0.1) is 0 Å². The minimum atomic E-state index is 0.00823. The van der Waals surface area contributed by atoms with Crippen LogP contribution in [0.25, 0.3) is 0 Å². The molecule has 0 aliphatic carbocycles. The van der Waals surface area contributed by atoms with Crippen LogP contribution in [0.15, 0.2) is 0 Å². The highest BCUT2D eigenvalue weighted by Crippen LogP contribution is 2.10. The predicted octanol–water partition coefficient (Wildman–Crippen LogP) is -1.35. The second kappa shape index (κ2) is 8.31. The third-order valence-corrected chi connectivity index (χ3v) is 4.04. The van der Waals surface area contributed by atoms with E-state index in [1.165, 1.54) is 0 Å². The molecule has 0 radical (unpaired) electrons. The average molecular weight is 298 g/mol. The Kier molecular flexibility index (Phi) is 6.41. The van der Waals surface area contributed by atoms with E-state index in [2.05, 4.69) is 15.5 Å². The number of amides is 2. The number of rotatable bonds is 6. The van der Waals surface area contributed by atoms with E-state index < -0.39 is 0 Å². The number of hydrogen-bond acceptors (Lipinski definition) is 5. The minimum absolute atomic E-state index is 0.00823. The lowest BCUT2D eigenvalue weighted by atomic mass is 10.2. The van der Waals surface area contributed by atoms with Gasteiger partial charge in [-0.1, -0.05) is 0 Å². The Morgan fingerprint density at radius 3 is 2.67 bits per heavy atom. The third kappa shape index (κ3) is 4.94. The summed E-state index contributed by atoms with van der Waals surface area (Å²) in [6.45, 7) is 5.35. The van der Waals surface area contributed by atoms with Crippen LogP contribution in [0.4, 0.5) is 0 Å². The highest BCUT2D eigenvalue weighted by molar-refractivity contribution is 5.82. The number of hydrogen-bond donors (Lipinski definition) is 2. The van der Waals surface area contributed by atoms with Gasteiger partial charge in [0.1, 0.15) is 0 Å². The van der Waals surface area contributed by atoms with Gasteiger partial charge < -0.3 is 20.3 Å². The lowest BCUT2D eigenvalue weighted by Crippen LogP contribution is -2.54. The Hall–Kier alpha value is -1.18. The maximum Gasteiger partial charge on any atom is 0.239 e. The Bertz CT molecular complexity index is 350. The Morgan fingerprint density at radius 1 is 1.29 bits per heavy atom. The van der Waals surface area contributed by atoms with E-state index in [1.807, 2.05) is 4.90 Å². The van der Waals surface area contributed by atoms with Crippen molar-refractivity contribution in [3.63, 3.8) is 0 Å². The minimum Gasteiger partial charge on any atom is -0.383 e. The fourth-order valence-corrected chi connectivity index (χ4v) is 2.79. The molecule has 120 valence electrons. The van der Waals surface area contributed by atoms with Crippen LogP contribution >= 0.6 is 0 Å². The summed E-state index contributed by atoms with van der Waals surface area (Å²) in [5.74, 6) is 0.237. The van der Waals surface area contributed by atoms with E-state index in [1.54, 1.807) is 7.11 Å². The fourth-order valence-electron chi connectivity index (χ4n) is 2.79. The van der Waals surface area contributed by atoms with Crippen LogP contribution in [0, 0.1) is 0 Å². The monoisotopic (exact) mass is 298 g/mol. The number of piperazine rings is 1. The summed E-state index contributed by atoms with van der Waals surface area (Å²) >= 11 is 0. The maximum atomic E-state index is 12.3. The normalized spacial score (nSPS) is 23.3. The van der Waals surface area contributed by atoms with Crippen molar-refractivity contribution in [2.45, 2.75) is 18.9 Å². The Morgan fingerprint density at radius 2 is 2.05 bits per heavy atom. The first-order valence-corrected chi connectivity index (χ1v) is 7.71. The second-order valence-corrected chi connectivity index (χ2v) is 5.59. The summed E-state index contributed by atoms with van der Waals surface area (Å²) in [5.41, 5.74) is 0. The molecule has 0 saturated carbocycles. The topological polar surface area (TPSA) is 73.9 Å². The van der Waals surface area contributed by atoms with Crippen LogP contribution in [-0.4, -0.2) is 87.2 Å². The maximum absolute atomic E-state index is 12.3. The van der Waals surface area contributed by atoms with Crippen LogP contribution < -0.4 is 10.6 Å². The van der Waals surface area contributed by atoms with Gasteiger partial charge >= 0.3 is 0 Å². The number of nitrogens with one attached hydrogen (secondary N) is 2. The molecule has 7 nitrogen and oxygen atoms in total. The van der Waals surface area contributed by atoms with Gasteiger partial charge in [-0.05, 0) is 19.4 Å². The number of carbonyl (C=O) groups is 2. The zero-order valence-corrected chi connectivity index (χ0v) is 12.8. The third-order valence-electron chi connectivity index (χ3n) is 4.04. The zero-order valence-electron chi connectivity index (χ0n) is 12.8. The van der Waals surface area contributed by atoms with Gasteiger partial charge in [0.05, 0.1) is 19.2 Å². The van der Waals surface area contributed by atoms with Gasteiger partial charge in [0, 0.05) is 39.8 Å². The van der Waals surface area contributed by atoms with Gasteiger partial charge in [-0.25, -0.2) is 0 Å². The Balaban J connectivity index is 1.65. The number of ether oxygens (including phenoxy) is 1. The molecule has 0 aromatic rings. The molecule has 2 aliphatic heterocycles. The van der Waals surface area contributed by atoms with Crippen LogP contribution in [0.1, 0.15) is 12.8 Å².